The van der Waals surface area contributed by atoms with Gasteiger partial charge in [0.1, 0.15) is 0 Å². The monoisotopic (exact) mass is 436 g/mol. The summed E-state index contributed by atoms with van der Waals surface area (Å²) in [5, 5.41) is 6.43. The summed E-state index contributed by atoms with van der Waals surface area (Å²) in [6, 6.07) is 6.07. The standard InChI is InChI=1S/C25H33N5O2/c1-29(14-19-9-22(31)26-13-19)15-20-21-4-2-3-5-30(21)23(27-20)24(32)28-25-10-16-6-17(11-25)8-18(7-16)12-25/h2-5,16-19H,6-15H2,1H3,(H2,26,28,31,32)/p+1. The largest absolute Gasteiger partial charge is 0.356 e. The van der Waals surface area contributed by atoms with Gasteiger partial charge in [-0.2, -0.15) is 4.40 Å². The van der Waals surface area contributed by atoms with Gasteiger partial charge in [-0.3, -0.25) is 14.5 Å². The number of aromatic amines is 1. The van der Waals surface area contributed by atoms with Crippen LogP contribution in [0, 0.1) is 23.7 Å². The Labute approximate surface area is 188 Å². The predicted octanol–water partition coefficient (Wildman–Crippen LogP) is 2.02. The van der Waals surface area contributed by atoms with Crippen LogP contribution in [0.25, 0.3) is 5.52 Å². The molecule has 3 heterocycles. The summed E-state index contributed by atoms with van der Waals surface area (Å²) in [5.74, 6) is 3.54. The predicted molar refractivity (Wildman–Crippen MR) is 120 cm³/mol. The number of carbonyl (C=O) groups is 2. The molecule has 2 amide bonds. The highest BCUT2D eigenvalue weighted by Gasteiger charge is 2.52. The smallest absolute Gasteiger partial charge is 0.351 e. The fourth-order valence-corrected chi connectivity index (χ4v) is 7.57. The minimum absolute atomic E-state index is 0.00241. The van der Waals surface area contributed by atoms with Crippen molar-refractivity contribution in [1.82, 2.24) is 20.5 Å². The number of carbonyl (C=O) groups excluding carboxylic acids is 2. The maximum Gasteiger partial charge on any atom is 0.351 e. The lowest BCUT2D eigenvalue weighted by molar-refractivity contribution is -0.514. The van der Waals surface area contributed by atoms with Gasteiger partial charge in [0.25, 0.3) is 0 Å². The Hall–Kier alpha value is -2.41. The first-order valence-corrected chi connectivity index (χ1v) is 12.3. The van der Waals surface area contributed by atoms with Crippen molar-refractivity contribution in [2.75, 3.05) is 20.1 Å². The number of H-pyrrole nitrogens is 1. The van der Waals surface area contributed by atoms with Crippen LogP contribution in [0.4, 0.5) is 0 Å². The van der Waals surface area contributed by atoms with Crippen LogP contribution in [0.2, 0.25) is 0 Å². The molecule has 4 aliphatic carbocycles. The van der Waals surface area contributed by atoms with Crippen molar-refractivity contribution < 1.29 is 14.0 Å². The highest BCUT2D eigenvalue weighted by atomic mass is 16.2. The molecule has 0 aromatic carbocycles. The molecule has 32 heavy (non-hydrogen) atoms. The number of aromatic nitrogens is 2. The molecule has 170 valence electrons. The van der Waals surface area contributed by atoms with Gasteiger partial charge in [-0.15, -0.1) is 0 Å². The molecule has 2 aromatic rings. The number of fused-ring (bicyclic) bond motifs is 1. The molecule has 4 saturated carbocycles. The molecule has 7 rings (SSSR count). The average Bonchev–Trinajstić information content (AvgIpc) is 3.30. The topological polar surface area (TPSA) is 81.3 Å². The third-order valence-electron chi connectivity index (χ3n) is 8.37. The molecule has 7 heteroatoms. The van der Waals surface area contributed by atoms with E-state index in [4.69, 9.17) is 0 Å². The Morgan fingerprint density at radius 2 is 1.91 bits per heavy atom. The third-order valence-corrected chi connectivity index (χ3v) is 8.37. The van der Waals surface area contributed by atoms with Crippen molar-refractivity contribution in [2.45, 2.75) is 57.0 Å². The third kappa shape index (κ3) is 3.60. The molecular weight excluding hydrogens is 402 g/mol. The highest BCUT2D eigenvalue weighted by molar-refractivity contribution is 5.90. The van der Waals surface area contributed by atoms with Crippen LogP contribution in [0.3, 0.4) is 0 Å². The first-order valence-electron chi connectivity index (χ1n) is 12.3. The van der Waals surface area contributed by atoms with Gasteiger partial charge in [0, 0.05) is 25.0 Å². The molecule has 5 fully saturated rings. The Morgan fingerprint density at radius 1 is 1.19 bits per heavy atom. The zero-order valence-electron chi connectivity index (χ0n) is 18.9. The Kier molecular flexibility index (Phi) is 4.79. The fraction of sp³-hybridized carbons (Fsp3) is 0.640. The zero-order chi connectivity index (χ0) is 21.9. The van der Waals surface area contributed by atoms with E-state index in [-0.39, 0.29) is 17.4 Å². The van der Waals surface area contributed by atoms with E-state index in [9.17, 15) is 9.59 Å². The molecule has 1 saturated heterocycles. The van der Waals surface area contributed by atoms with Crippen molar-refractivity contribution >= 4 is 17.3 Å². The normalized spacial score (nSPS) is 33.2. The Morgan fingerprint density at radius 3 is 2.56 bits per heavy atom. The molecular formula is C25H34N5O2+. The minimum atomic E-state index is -0.00241. The lowest BCUT2D eigenvalue weighted by Crippen LogP contribution is -2.60. The second kappa shape index (κ2) is 7.58. The van der Waals surface area contributed by atoms with Crippen molar-refractivity contribution in [3.05, 3.63) is 35.9 Å². The quantitative estimate of drug-likeness (QED) is 0.606. The SMILES string of the molecule is CN(Cc1[nH]c(C(=O)NC23CC4CC(CC(C4)C2)C3)[n+]2ccccc12)CC1CNC(=O)C1. The van der Waals surface area contributed by atoms with E-state index in [1.807, 2.05) is 22.7 Å². The van der Waals surface area contributed by atoms with Gasteiger partial charge in [0.2, 0.25) is 5.91 Å². The fourth-order valence-electron chi connectivity index (χ4n) is 7.57. The van der Waals surface area contributed by atoms with Crippen LogP contribution in [0.1, 0.15) is 61.3 Å². The molecule has 7 nitrogen and oxygen atoms in total. The lowest BCUT2D eigenvalue weighted by Gasteiger charge is -2.56. The van der Waals surface area contributed by atoms with Crippen molar-refractivity contribution in [3.8, 4) is 0 Å². The van der Waals surface area contributed by atoms with Gasteiger partial charge in [-0.25, -0.2) is 4.98 Å². The zero-order valence-corrected chi connectivity index (χ0v) is 18.9. The van der Waals surface area contributed by atoms with Crippen LogP contribution in [-0.4, -0.2) is 47.4 Å². The van der Waals surface area contributed by atoms with Crippen molar-refractivity contribution in [3.63, 3.8) is 0 Å². The van der Waals surface area contributed by atoms with Gasteiger partial charge in [-0.1, -0.05) is 6.07 Å². The van der Waals surface area contributed by atoms with Crippen LogP contribution in [-0.2, 0) is 11.3 Å². The van der Waals surface area contributed by atoms with Gasteiger partial charge in [-0.05, 0) is 81.4 Å². The number of hydrogen-bond acceptors (Lipinski definition) is 3. The second-order valence-electron chi connectivity index (χ2n) is 11.1. The van der Waals surface area contributed by atoms with Crippen LogP contribution in [0.15, 0.2) is 24.4 Å². The molecule has 1 aliphatic heterocycles. The van der Waals surface area contributed by atoms with E-state index in [2.05, 4.69) is 33.6 Å². The molecule has 5 aliphatic rings. The van der Waals surface area contributed by atoms with Crippen molar-refractivity contribution in [2.24, 2.45) is 23.7 Å². The molecule has 1 atom stereocenters. The summed E-state index contributed by atoms with van der Waals surface area (Å²) < 4.78 is 2.00. The first kappa shape index (κ1) is 20.2. The van der Waals surface area contributed by atoms with Crippen LogP contribution in [0.5, 0.6) is 0 Å². The maximum absolute atomic E-state index is 13.5. The molecule has 1 unspecified atom stereocenters. The Balaban J connectivity index is 1.22. The molecule has 0 radical (unpaired) electrons. The van der Waals surface area contributed by atoms with E-state index < -0.39 is 0 Å². The molecule has 2 aromatic heterocycles. The molecule has 3 N–H and O–H groups in total. The number of nitrogens with one attached hydrogen (secondary N) is 3. The number of rotatable bonds is 6. The summed E-state index contributed by atoms with van der Waals surface area (Å²) in [6.07, 6.45) is 10.1. The second-order valence-corrected chi connectivity index (χ2v) is 11.1. The van der Waals surface area contributed by atoms with Gasteiger partial charge < -0.3 is 10.6 Å². The maximum atomic E-state index is 13.5. The number of nitrogens with zero attached hydrogens (tertiary/aromatic N) is 2. The van der Waals surface area contributed by atoms with E-state index >= 15 is 0 Å². The van der Waals surface area contributed by atoms with Crippen LogP contribution >= 0.6 is 0 Å². The highest BCUT2D eigenvalue weighted by Crippen LogP contribution is 2.55. The van der Waals surface area contributed by atoms with Gasteiger partial charge >= 0.3 is 11.7 Å². The number of hydrogen-bond donors (Lipinski definition) is 3. The number of amides is 2. The molecule has 4 bridgehead atoms. The van der Waals surface area contributed by atoms with E-state index in [0.717, 1.165) is 61.3 Å². The number of imidazole rings is 1. The minimum Gasteiger partial charge on any atom is -0.356 e. The summed E-state index contributed by atoms with van der Waals surface area (Å²) in [6.45, 7) is 2.32. The van der Waals surface area contributed by atoms with Crippen LogP contribution < -0.4 is 15.0 Å². The van der Waals surface area contributed by atoms with Crippen molar-refractivity contribution in [1.29, 1.82) is 0 Å². The van der Waals surface area contributed by atoms with E-state index in [1.54, 1.807) is 0 Å². The van der Waals surface area contributed by atoms with E-state index in [0.29, 0.717) is 24.7 Å². The van der Waals surface area contributed by atoms with Gasteiger partial charge in [0.05, 0.1) is 12.7 Å². The number of pyridine rings is 1. The molecule has 0 spiro atoms. The summed E-state index contributed by atoms with van der Waals surface area (Å²) in [7, 11) is 2.08. The Bertz CT molecular complexity index is 1020. The first-order chi connectivity index (χ1) is 15.5. The summed E-state index contributed by atoms with van der Waals surface area (Å²) in [5.41, 5.74) is 2.08. The van der Waals surface area contributed by atoms with Gasteiger partial charge in [0.15, 0.2) is 11.2 Å². The van der Waals surface area contributed by atoms with E-state index in [1.165, 1.54) is 19.3 Å². The average molecular weight is 437 g/mol. The lowest BCUT2D eigenvalue weighted by atomic mass is 9.53. The summed E-state index contributed by atoms with van der Waals surface area (Å²) >= 11 is 0. The summed E-state index contributed by atoms with van der Waals surface area (Å²) in [4.78, 5) is 30.8.